The Morgan fingerprint density at radius 3 is 2.34 bits per heavy atom. The van der Waals surface area contributed by atoms with Crippen LogP contribution >= 0.6 is 11.3 Å². The van der Waals surface area contributed by atoms with E-state index in [4.69, 9.17) is 0 Å². The lowest BCUT2D eigenvalue weighted by Gasteiger charge is -2.18. The summed E-state index contributed by atoms with van der Waals surface area (Å²) >= 11 is 1.55. The Morgan fingerprint density at radius 2 is 1.72 bits per heavy atom. The Bertz CT molecular complexity index is 1140. The molecule has 0 radical (unpaired) electrons. The van der Waals surface area contributed by atoms with Gasteiger partial charge in [0.2, 0.25) is 15.9 Å². The Morgan fingerprint density at radius 1 is 1.03 bits per heavy atom. The number of sulfonamides is 1. The highest BCUT2D eigenvalue weighted by Crippen LogP contribution is 2.26. The second-order valence-electron chi connectivity index (χ2n) is 7.56. The second kappa shape index (κ2) is 9.91. The number of hydrogen-bond acceptors (Lipinski definition) is 5. The molecule has 32 heavy (non-hydrogen) atoms. The zero-order valence-corrected chi connectivity index (χ0v) is 19.0. The van der Waals surface area contributed by atoms with E-state index in [1.54, 1.807) is 35.6 Å². The largest absolute Gasteiger partial charge is 0.325 e. The summed E-state index contributed by atoms with van der Waals surface area (Å²) in [5.74, 6) is -0.574. The van der Waals surface area contributed by atoms with Gasteiger partial charge in [0.25, 0.3) is 0 Å². The van der Waals surface area contributed by atoms with Gasteiger partial charge in [-0.25, -0.2) is 12.8 Å². The summed E-state index contributed by atoms with van der Waals surface area (Å²) in [6.07, 6.45) is 1.76. The van der Waals surface area contributed by atoms with Crippen LogP contribution in [0.1, 0.15) is 29.3 Å². The number of rotatable bonds is 8. The molecule has 1 aromatic heterocycles. The van der Waals surface area contributed by atoms with Gasteiger partial charge >= 0.3 is 0 Å². The van der Waals surface area contributed by atoms with E-state index >= 15 is 0 Å². The zero-order chi connectivity index (χ0) is 22.6. The molecule has 6 nitrogen and oxygen atoms in total. The van der Waals surface area contributed by atoms with Crippen molar-refractivity contribution in [1.82, 2.24) is 9.62 Å². The van der Waals surface area contributed by atoms with Gasteiger partial charge in [-0.05, 0) is 66.2 Å². The number of nitrogens with zero attached hydrogens (tertiary/aromatic N) is 1. The molecule has 1 amide bonds. The minimum atomic E-state index is -3.48. The fraction of sp³-hybridized carbons (Fsp3) is 0.261. The summed E-state index contributed by atoms with van der Waals surface area (Å²) in [4.78, 5) is 13.7. The number of carbonyl (C=O) groups excluding carboxylic acids is 1. The third-order valence-corrected chi connectivity index (χ3v) is 8.19. The number of thiophene rings is 1. The molecule has 1 atom stereocenters. The van der Waals surface area contributed by atoms with Crippen LogP contribution in [0.15, 0.2) is 70.9 Å². The molecule has 9 heteroatoms. The predicted octanol–water partition coefficient (Wildman–Crippen LogP) is 3.99. The van der Waals surface area contributed by atoms with Crippen LogP contribution in [-0.2, 0) is 14.8 Å². The topological polar surface area (TPSA) is 78.5 Å². The number of anilines is 1. The van der Waals surface area contributed by atoms with Gasteiger partial charge in [-0.3, -0.25) is 10.1 Å². The molecule has 2 aromatic carbocycles. The predicted molar refractivity (Wildman–Crippen MR) is 124 cm³/mol. The molecule has 2 heterocycles. The molecule has 0 spiro atoms. The molecule has 2 N–H and O–H groups in total. The van der Waals surface area contributed by atoms with Crippen molar-refractivity contribution in [3.63, 3.8) is 0 Å². The fourth-order valence-electron chi connectivity index (χ4n) is 3.68. The van der Waals surface area contributed by atoms with Gasteiger partial charge in [0.1, 0.15) is 5.82 Å². The average Bonchev–Trinajstić information content (AvgIpc) is 3.50. The minimum absolute atomic E-state index is 0.0355. The van der Waals surface area contributed by atoms with Crippen LogP contribution in [0.4, 0.5) is 10.1 Å². The van der Waals surface area contributed by atoms with Crippen LogP contribution in [0.2, 0.25) is 0 Å². The van der Waals surface area contributed by atoms with Crippen molar-refractivity contribution < 1.29 is 17.6 Å². The van der Waals surface area contributed by atoms with Crippen LogP contribution < -0.4 is 10.6 Å². The summed E-state index contributed by atoms with van der Waals surface area (Å²) in [5, 5.41) is 7.96. The normalized spacial score (nSPS) is 15.5. The molecule has 1 fully saturated rings. The minimum Gasteiger partial charge on any atom is -0.325 e. The lowest BCUT2D eigenvalue weighted by atomic mass is 10.1. The highest BCUT2D eigenvalue weighted by atomic mass is 32.2. The number of carbonyl (C=O) groups is 1. The van der Waals surface area contributed by atoms with Gasteiger partial charge in [0.05, 0.1) is 17.5 Å². The van der Waals surface area contributed by atoms with Crippen LogP contribution in [-0.4, -0.2) is 38.3 Å². The number of nitrogens with one attached hydrogen (secondary N) is 2. The van der Waals surface area contributed by atoms with Gasteiger partial charge in [0.15, 0.2) is 0 Å². The lowest BCUT2D eigenvalue weighted by Crippen LogP contribution is -2.31. The van der Waals surface area contributed by atoms with E-state index in [1.165, 1.54) is 28.6 Å². The maximum Gasteiger partial charge on any atom is 0.243 e. The molecule has 1 aliphatic heterocycles. The first kappa shape index (κ1) is 22.6. The first-order chi connectivity index (χ1) is 15.4. The molecule has 0 unspecified atom stereocenters. The monoisotopic (exact) mass is 473 g/mol. The fourth-order valence-corrected chi connectivity index (χ4v) is 6.03. The van der Waals surface area contributed by atoms with E-state index in [-0.39, 0.29) is 29.2 Å². The quantitative estimate of drug-likeness (QED) is 0.519. The molecule has 3 aromatic rings. The van der Waals surface area contributed by atoms with Crippen LogP contribution in [0.25, 0.3) is 0 Å². The highest BCUT2D eigenvalue weighted by Gasteiger charge is 2.27. The van der Waals surface area contributed by atoms with E-state index < -0.39 is 10.0 Å². The average molecular weight is 474 g/mol. The lowest BCUT2D eigenvalue weighted by molar-refractivity contribution is -0.115. The van der Waals surface area contributed by atoms with Crippen molar-refractivity contribution in [3.05, 3.63) is 82.3 Å². The van der Waals surface area contributed by atoms with Gasteiger partial charge < -0.3 is 5.32 Å². The van der Waals surface area contributed by atoms with Crippen molar-refractivity contribution >= 4 is 33.0 Å². The number of benzene rings is 2. The molecule has 0 saturated carbocycles. The molecule has 0 bridgehead atoms. The van der Waals surface area contributed by atoms with Crippen molar-refractivity contribution in [2.24, 2.45) is 0 Å². The Kier molecular flexibility index (Phi) is 7.00. The van der Waals surface area contributed by atoms with Crippen molar-refractivity contribution in [1.29, 1.82) is 0 Å². The van der Waals surface area contributed by atoms with Crippen molar-refractivity contribution in [3.8, 4) is 0 Å². The van der Waals surface area contributed by atoms with Crippen LogP contribution in [0, 0.1) is 5.82 Å². The van der Waals surface area contributed by atoms with Gasteiger partial charge in [-0.1, -0.05) is 18.2 Å². The third kappa shape index (κ3) is 5.24. The van der Waals surface area contributed by atoms with Gasteiger partial charge in [-0.2, -0.15) is 4.31 Å². The Balaban J connectivity index is 1.39. The SMILES string of the molecule is O=C(CN[C@@H](c1ccc(F)cc1)c1cccs1)Nc1ccc(S(=O)(=O)N2CCCC2)cc1. The van der Waals surface area contributed by atoms with Crippen molar-refractivity contribution in [2.75, 3.05) is 25.0 Å². The molecular weight excluding hydrogens is 449 g/mol. The van der Waals surface area contributed by atoms with Gasteiger partial charge in [0, 0.05) is 23.7 Å². The molecule has 1 saturated heterocycles. The van der Waals surface area contributed by atoms with E-state index in [9.17, 15) is 17.6 Å². The van der Waals surface area contributed by atoms with Crippen LogP contribution in [0.5, 0.6) is 0 Å². The summed E-state index contributed by atoms with van der Waals surface area (Å²) < 4.78 is 40.0. The Labute approximate surface area is 191 Å². The summed E-state index contributed by atoms with van der Waals surface area (Å²) in [5.41, 5.74) is 1.38. The standard InChI is InChI=1S/C23H24FN3O3S2/c24-18-7-5-17(6-8-18)23(21-4-3-15-31-21)25-16-22(28)26-19-9-11-20(12-10-19)32(29,30)27-13-1-2-14-27/h3-12,15,23,25H,1-2,13-14,16H2,(H,26,28)/t23-/m0/s1. The molecule has 4 rings (SSSR count). The number of amides is 1. The van der Waals surface area contributed by atoms with Crippen LogP contribution in [0.3, 0.4) is 0 Å². The van der Waals surface area contributed by atoms with E-state index in [1.807, 2.05) is 17.5 Å². The third-order valence-electron chi connectivity index (χ3n) is 5.34. The first-order valence-electron chi connectivity index (χ1n) is 10.4. The molecule has 168 valence electrons. The molecule has 0 aliphatic carbocycles. The first-order valence-corrected chi connectivity index (χ1v) is 12.7. The second-order valence-corrected chi connectivity index (χ2v) is 10.5. The summed E-state index contributed by atoms with van der Waals surface area (Å²) in [7, 11) is -3.48. The molecule has 1 aliphatic rings. The zero-order valence-electron chi connectivity index (χ0n) is 17.3. The highest BCUT2D eigenvalue weighted by molar-refractivity contribution is 7.89. The van der Waals surface area contributed by atoms with Gasteiger partial charge in [-0.15, -0.1) is 11.3 Å². The summed E-state index contributed by atoms with van der Waals surface area (Å²) in [6.45, 7) is 1.13. The smallest absolute Gasteiger partial charge is 0.243 e. The van der Waals surface area contributed by atoms with E-state index in [0.717, 1.165) is 23.3 Å². The summed E-state index contributed by atoms with van der Waals surface area (Å²) in [6, 6.07) is 16.1. The Hall–Kier alpha value is -2.59. The number of halogens is 1. The maximum absolute atomic E-state index is 13.3. The van der Waals surface area contributed by atoms with E-state index in [2.05, 4.69) is 10.6 Å². The van der Waals surface area contributed by atoms with Crippen molar-refractivity contribution in [2.45, 2.75) is 23.8 Å². The maximum atomic E-state index is 13.3. The van der Waals surface area contributed by atoms with E-state index in [0.29, 0.717) is 18.8 Å². The number of hydrogen-bond donors (Lipinski definition) is 2. The molecular formula is C23H24FN3O3S2.